The van der Waals surface area contributed by atoms with Crippen molar-refractivity contribution in [3.05, 3.63) is 60.0 Å². The number of hydrogen-bond donors (Lipinski definition) is 1. The van der Waals surface area contributed by atoms with Crippen LogP contribution in [0.2, 0.25) is 0 Å². The van der Waals surface area contributed by atoms with Crippen LogP contribution in [0.15, 0.2) is 48.7 Å². The number of nitrogens with zero attached hydrogens (tertiary/aromatic N) is 2. The van der Waals surface area contributed by atoms with E-state index in [0.29, 0.717) is 37.4 Å². The highest BCUT2D eigenvalue weighted by Gasteiger charge is 2.25. The van der Waals surface area contributed by atoms with Crippen LogP contribution in [0.5, 0.6) is 5.75 Å². The number of fused-ring (bicyclic) bond motifs is 1. The number of carbonyl (C=O) groups excluding carboxylic acids is 1. The van der Waals surface area contributed by atoms with E-state index < -0.39 is 0 Å². The molecule has 1 N–H and O–H groups in total. The van der Waals surface area contributed by atoms with Gasteiger partial charge in [0.15, 0.2) is 0 Å². The summed E-state index contributed by atoms with van der Waals surface area (Å²) in [5.41, 5.74) is 2.12. The molecule has 1 amide bonds. The molecule has 1 fully saturated rings. The number of benzene rings is 2. The predicted molar refractivity (Wildman–Crippen MR) is 99.4 cm³/mol. The third-order valence-electron chi connectivity index (χ3n) is 4.88. The number of aromatic amines is 1. The summed E-state index contributed by atoms with van der Waals surface area (Å²) in [5.74, 6) is 0.518. The van der Waals surface area contributed by atoms with Gasteiger partial charge in [-0.3, -0.25) is 4.79 Å². The molecule has 4 rings (SSSR count). The number of H-pyrrole nitrogens is 1. The van der Waals surface area contributed by atoms with Crippen molar-refractivity contribution in [1.82, 2.24) is 9.88 Å². The maximum absolute atomic E-state index is 14.0. The van der Waals surface area contributed by atoms with Gasteiger partial charge in [0, 0.05) is 49.3 Å². The zero-order valence-electron chi connectivity index (χ0n) is 14.5. The van der Waals surface area contributed by atoms with Gasteiger partial charge in [-0.25, -0.2) is 4.39 Å². The topological polar surface area (TPSA) is 48.6 Å². The number of piperazine rings is 1. The van der Waals surface area contributed by atoms with Crippen molar-refractivity contribution < 1.29 is 13.9 Å². The maximum atomic E-state index is 14.0. The van der Waals surface area contributed by atoms with Gasteiger partial charge in [-0.15, -0.1) is 0 Å². The van der Waals surface area contributed by atoms with E-state index in [2.05, 4.69) is 4.98 Å². The normalized spacial score (nSPS) is 14.7. The number of para-hydroxylation sites is 1. The first-order chi connectivity index (χ1) is 12.7. The predicted octanol–water partition coefficient (Wildman–Crippen LogP) is 3.28. The molecule has 134 valence electrons. The molecule has 1 aliphatic heterocycles. The standard InChI is InChI=1S/C20H20FN3O2/c1-26-14-6-7-15-16(13-22-18(15)12-14)20(25)24-10-8-23(9-11-24)19-5-3-2-4-17(19)21/h2-7,12-13,22H,8-11H2,1H3. The van der Waals surface area contributed by atoms with E-state index in [-0.39, 0.29) is 11.7 Å². The number of amides is 1. The summed E-state index contributed by atoms with van der Waals surface area (Å²) in [5, 5.41) is 0.882. The number of halogens is 1. The van der Waals surface area contributed by atoms with Crippen LogP contribution in [-0.4, -0.2) is 49.1 Å². The van der Waals surface area contributed by atoms with Gasteiger partial charge in [0.05, 0.1) is 18.4 Å². The Morgan fingerprint density at radius 1 is 1.12 bits per heavy atom. The third kappa shape index (κ3) is 2.87. The second-order valence-electron chi connectivity index (χ2n) is 6.34. The molecule has 5 nitrogen and oxygen atoms in total. The molecule has 0 spiro atoms. The molecule has 6 heteroatoms. The molecule has 1 aromatic heterocycles. The van der Waals surface area contributed by atoms with Crippen molar-refractivity contribution >= 4 is 22.5 Å². The lowest BCUT2D eigenvalue weighted by atomic mass is 10.1. The number of ether oxygens (including phenoxy) is 1. The fraction of sp³-hybridized carbons (Fsp3) is 0.250. The highest BCUT2D eigenvalue weighted by atomic mass is 19.1. The van der Waals surface area contributed by atoms with Crippen LogP contribution in [0.3, 0.4) is 0 Å². The summed E-state index contributed by atoms with van der Waals surface area (Å²) in [6.07, 6.45) is 1.75. The SMILES string of the molecule is COc1ccc2c(C(=O)N3CCN(c4ccccc4F)CC3)c[nH]c2c1. The zero-order valence-corrected chi connectivity index (χ0v) is 14.5. The number of methoxy groups -OCH3 is 1. The summed E-state index contributed by atoms with van der Waals surface area (Å²) in [6, 6.07) is 12.4. The molecule has 0 saturated carbocycles. The smallest absolute Gasteiger partial charge is 0.256 e. The number of nitrogens with one attached hydrogen (secondary N) is 1. The lowest BCUT2D eigenvalue weighted by molar-refractivity contribution is 0.0748. The number of rotatable bonds is 3. The van der Waals surface area contributed by atoms with Crippen LogP contribution in [0, 0.1) is 5.82 Å². The van der Waals surface area contributed by atoms with Crippen molar-refractivity contribution in [2.24, 2.45) is 0 Å². The summed E-state index contributed by atoms with van der Waals surface area (Å²) >= 11 is 0. The van der Waals surface area contributed by atoms with E-state index in [1.165, 1.54) is 6.07 Å². The van der Waals surface area contributed by atoms with E-state index in [9.17, 15) is 9.18 Å². The average Bonchev–Trinajstić information content (AvgIpc) is 3.11. The minimum absolute atomic E-state index is 0.00500. The molecular weight excluding hydrogens is 333 g/mol. The number of aromatic nitrogens is 1. The highest BCUT2D eigenvalue weighted by Crippen LogP contribution is 2.25. The Labute approximate surface area is 151 Å². The molecule has 0 unspecified atom stereocenters. The molecule has 2 aromatic carbocycles. The summed E-state index contributed by atoms with van der Waals surface area (Å²) < 4.78 is 19.2. The minimum atomic E-state index is -0.224. The number of carbonyl (C=O) groups is 1. The molecule has 1 aliphatic rings. The second kappa shape index (κ2) is 6.71. The van der Waals surface area contributed by atoms with E-state index in [0.717, 1.165) is 16.7 Å². The molecule has 3 aromatic rings. The number of anilines is 1. The molecule has 26 heavy (non-hydrogen) atoms. The van der Waals surface area contributed by atoms with Crippen molar-refractivity contribution in [2.45, 2.75) is 0 Å². The first kappa shape index (κ1) is 16.4. The van der Waals surface area contributed by atoms with E-state index >= 15 is 0 Å². The Kier molecular flexibility index (Phi) is 4.24. The molecule has 1 saturated heterocycles. The Hall–Kier alpha value is -3.02. The fourth-order valence-corrected chi connectivity index (χ4v) is 3.44. The van der Waals surface area contributed by atoms with E-state index in [4.69, 9.17) is 4.74 Å². The van der Waals surface area contributed by atoms with Gasteiger partial charge >= 0.3 is 0 Å². The third-order valence-corrected chi connectivity index (χ3v) is 4.88. The molecular formula is C20H20FN3O2. The van der Waals surface area contributed by atoms with Crippen LogP contribution in [0.4, 0.5) is 10.1 Å². The molecule has 2 heterocycles. The number of hydrogen-bond acceptors (Lipinski definition) is 3. The van der Waals surface area contributed by atoms with Gasteiger partial charge in [-0.2, -0.15) is 0 Å². The Morgan fingerprint density at radius 2 is 1.88 bits per heavy atom. The van der Waals surface area contributed by atoms with Crippen LogP contribution in [0.25, 0.3) is 10.9 Å². The lowest BCUT2D eigenvalue weighted by Gasteiger charge is -2.36. The quantitative estimate of drug-likeness (QED) is 0.786. The summed E-state index contributed by atoms with van der Waals surface area (Å²) in [4.78, 5) is 19.9. The van der Waals surface area contributed by atoms with E-state index in [1.807, 2.05) is 34.1 Å². The van der Waals surface area contributed by atoms with Gasteiger partial charge < -0.3 is 19.5 Å². The zero-order chi connectivity index (χ0) is 18.1. The van der Waals surface area contributed by atoms with Crippen LogP contribution < -0.4 is 9.64 Å². The van der Waals surface area contributed by atoms with Crippen LogP contribution in [0.1, 0.15) is 10.4 Å². The maximum Gasteiger partial charge on any atom is 0.256 e. The van der Waals surface area contributed by atoms with Gasteiger partial charge in [0.2, 0.25) is 0 Å². The Bertz CT molecular complexity index is 945. The minimum Gasteiger partial charge on any atom is -0.497 e. The molecule has 0 bridgehead atoms. The van der Waals surface area contributed by atoms with Crippen LogP contribution in [-0.2, 0) is 0 Å². The van der Waals surface area contributed by atoms with Crippen molar-refractivity contribution in [1.29, 1.82) is 0 Å². The van der Waals surface area contributed by atoms with Crippen molar-refractivity contribution in [2.75, 3.05) is 38.2 Å². The molecule has 0 radical (unpaired) electrons. The Morgan fingerprint density at radius 3 is 2.62 bits per heavy atom. The van der Waals surface area contributed by atoms with Crippen LogP contribution >= 0.6 is 0 Å². The van der Waals surface area contributed by atoms with Gasteiger partial charge in [-0.05, 0) is 24.3 Å². The van der Waals surface area contributed by atoms with Gasteiger partial charge in [-0.1, -0.05) is 12.1 Å². The van der Waals surface area contributed by atoms with E-state index in [1.54, 1.807) is 25.4 Å². The largest absolute Gasteiger partial charge is 0.497 e. The average molecular weight is 353 g/mol. The summed E-state index contributed by atoms with van der Waals surface area (Å²) in [7, 11) is 1.62. The van der Waals surface area contributed by atoms with Gasteiger partial charge in [0.25, 0.3) is 5.91 Å². The first-order valence-electron chi connectivity index (χ1n) is 8.61. The van der Waals surface area contributed by atoms with Gasteiger partial charge in [0.1, 0.15) is 11.6 Å². The Balaban J connectivity index is 1.50. The summed E-state index contributed by atoms with van der Waals surface area (Å²) in [6.45, 7) is 2.36. The lowest BCUT2D eigenvalue weighted by Crippen LogP contribution is -2.49. The van der Waals surface area contributed by atoms with Crippen molar-refractivity contribution in [3.63, 3.8) is 0 Å². The monoisotopic (exact) mass is 353 g/mol. The first-order valence-corrected chi connectivity index (χ1v) is 8.61. The highest BCUT2D eigenvalue weighted by molar-refractivity contribution is 6.07. The van der Waals surface area contributed by atoms with Crippen molar-refractivity contribution in [3.8, 4) is 5.75 Å². The second-order valence-corrected chi connectivity index (χ2v) is 6.34. The fourth-order valence-electron chi connectivity index (χ4n) is 3.44. The molecule has 0 atom stereocenters. The molecule has 0 aliphatic carbocycles.